The molecule has 2 nitrogen and oxygen atoms in total. The second-order valence-electron chi connectivity index (χ2n) is 2.12. The van der Waals surface area contributed by atoms with Crippen LogP contribution in [0.2, 0.25) is 0 Å². The highest BCUT2D eigenvalue weighted by Gasteiger charge is 1.93. The first kappa shape index (κ1) is 9.38. The molecule has 1 aromatic rings. The van der Waals surface area contributed by atoms with E-state index in [1.165, 1.54) is 9.32 Å². The lowest BCUT2D eigenvalue weighted by Gasteiger charge is -1.98. The van der Waals surface area contributed by atoms with Crippen molar-refractivity contribution in [1.82, 2.24) is 9.78 Å². The third-order valence-electron chi connectivity index (χ3n) is 1.27. The Labute approximate surface area is 84.9 Å². The van der Waals surface area contributed by atoms with E-state index in [-0.39, 0.29) is 0 Å². The fourth-order valence-electron chi connectivity index (χ4n) is 0.763. The second kappa shape index (κ2) is 5.03. The van der Waals surface area contributed by atoms with Gasteiger partial charge in [0.2, 0.25) is 0 Å². The average Bonchev–Trinajstić information content (AvgIpc) is 2.37. The molecule has 0 radical (unpaired) electrons. The van der Waals surface area contributed by atoms with Crippen LogP contribution in [0.4, 0.5) is 0 Å². The van der Waals surface area contributed by atoms with E-state index in [9.17, 15) is 0 Å². The summed E-state index contributed by atoms with van der Waals surface area (Å²) >= 11 is 4.22. The standard InChI is InChI=1S/C7H11IN2S/c1-2-11-4-3-10-6-7(8)5-9-10/h5-6H,2-4H2,1H3. The monoisotopic (exact) mass is 282 g/mol. The van der Waals surface area contributed by atoms with Crippen LogP contribution < -0.4 is 0 Å². The summed E-state index contributed by atoms with van der Waals surface area (Å²) < 4.78 is 3.20. The van der Waals surface area contributed by atoms with Crippen molar-refractivity contribution in [2.75, 3.05) is 11.5 Å². The van der Waals surface area contributed by atoms with Gasteiger partial charge in [-0.05, 0) is 28.3 Å². The topological polar surface area (TPSA) is 17.8 Å². The van der Waals surface area contributed by atoms with Gasteiger partial charge in [-0.3, -0.25) is 4.68 Å². The van der Waals surface area contributed by atoms with Gasteiger partial charge in [0.25, 0.3) is 0 Å². The highest BCUT2D eigenvalue weighted by molar-refractivity contribution is 14.1. The lowest BCUT2D eigenvalue weighted by atomic mass is 10.7. The molecule has 62 valence electrons. The van der Waals surface area contributed by atoms with Crippen LogP contribution >= 0.6 is 34.4 Å². The van der Waals surface area contributed by atoms with Gasteiger partial charge < -0.3 is 0 Å². The Hall–Kier alpha value is 0.290. The van der Waals surface area contributed by atoms with Gasteiger partial charge in [-0.25, -0.2) is 0 Å². The predicted octanol–water partition coefficient (Wildman–Crippen LogP) is 2.24. The zero-order chi connectivity index (χ0) is 8.10. The number of hydrogen-bond donors (Lipinski definition) is 0. The Morgan fingerprint density at radius 3 is 3.09 bits per heavy atom. The summed E-state index contributed by atoms with van der Waals surface area (Å²) in [5.74, 6) is 2.35. The van der Waals surface area contributed by atoms with Gasteiger partial charge in [-0.15, -0.1) is 0 Å². The van der Waals surface area contributed by atoms with Crippen molar-refractivity contribution in [3.8, 4) is 0 Å². The van der Waals surface area contributed by atoms with Crippen molar-refractivity contribution < 1.29 is 0 Å². The zero-order valence-corrected chi connectivity index (χ0v) is 9.43. The molecule has 0 saturated heterocycles. The van der Waals surface area contributed by atoms with E-state index in [4.69, 9.17) is 0 Å². The number of rotatable bonds is 4. The van der Waals surface area contributed by atoms with Crippen molar-refractivity contribution in [2.45, 2.75) is 13.5 Å². The summed E-state index contributed by atoms with van der Waals surface area (Å²) in [6, 6.07) is 0. The van der Waals surface area contributed by atoms with Crippen LogP contribution in [-0.4, -0.2) is 21.3 Å². The third kappa shape index (κ3) is 3.46. The smallest absolute Gasteiger partial charge is 0.0623 e. The Morgan fingerprint density at radius 2 is 2.55 bits per heavy atom. The molecule has 0 bridgehead atoms. The summed E-state index contributed by atoms with van der Waals surface area (Å²) in [7, 11) is 0. The minimum atomic E-state index is 1.03. The predicted molar refractivity (Wildman–Crippen MR) is 57.9 cm³/mol. The van der Waals surface area contributed by atoms with Crippen molar-refractivity contribution in [3.05, 3.63) is 16.0 Å². The van der Waals surface area contributed by atoms with Crippen LogP contribution in [-0.2, 0) is 6.54 Å². The van der Waals surface area contributed by atoms with E-state index in [1.807, 2.05) is 22.6 Å². The lowest BCUT2D eigenvalue weighted by Crippen LogP contribution is -2.00. The molecule has 1 aromatic heterocycles. The molecule has 0 atom stereocenters. The van der Waals surface area contributed by atoms with Gasteiger partial charge in [0.1, 0.15) is 0 Å². The minimum absolute atomic E-state index is 1.03. The Morgan fingerprint density at radius 1 is 1.73 bits per heavy atom. The fourth-order valence-corrected chi connectivity index (χ4v) is 1.81. The Balaban J connectivity index is 2.27. The van der Waals surface area contributed by atoms with Gasteiger partial charge >= 0.3 is 0 Å². The molecule has 0 N–H and O–H groups in total. The summed E-state index contributed by atoms with van der Waals surface area (Å²) in [6.07, 6.45) is 3.95. The zero-order valence-electron chi connectivity index (χ0n) is 6.46. The van der Waals surface area contributed by atoms with Crippen molar-refractivity contribution in [1.29, 1.82) is 0 Å². The van der Waals surface area contributed by atoms with Crippen LogP contribution in [0.25, 0.3) is 0 Å². The van der Waals surface area contributed by atoms with Crippen molar-refractivity contribution in [2.24, 2.45) is 0 Å². The van der Waals surface area contributed by atoms with Crippen molar-refractivity contribution >= 4 is 34.4 Å². The van der Waals surface area contributed by atoms with E-state index < -0.39 is 0 Å². The first-order valence-corrected chi connectivity index (χ1v) is 5.82. The van der Waals surface area contributed by atoms with E-state index in [0.717, 1.165) is 12.3 Å². The number of halogens is 1. The molecular weight excluding hydrogens is 271 g/mol. The Bertz CT molecular complexity index is 212. The van der Waals surface area contributed by atoms with Crippen LogP contribution in [0.15, 0.2) is 12.4 Å². The van der Waals surface area contributed by atoms with Gasteiger partial charge in [0.05, 0.1) is 9.77 Å². The Kier molecular flexibility index (Phi) is 4.29. The van der Waals surface area contributed by atoms with Crippen LogP contribution in [0.5, 0.6) is 0 Å². The van der Waals surface area contributed by atoms with Gasteiger partial charge in [-0.2, -0.15) is 16.9 Å². The normalized spacial score (nSPS) is 10.4. The number of aryl methyl sites for hydroxylation is 1. The number of aromatic nitrogens is 2. The molecule has 0 saturated carbocycles. The molecule has 1 rings (SSSR count). The first-order chi connectivity index (χ1) is 5.33. The fraction of sp³-hybridized carbons (Fsp3) is 0.571. The van der Waals surface area contributed by atoms with E-state index in [1.54, 1.807) is 0 Å². The molecule has 0 amide bonds. The molecule has 0 unspecified atom stereocenters. The van der Waals surface area contributed by atoms with Crippen LogP contribution in [0.1, 0.15) is 6.92 Å². The minimum Gasteiger partial charge on any atom is -0.271 e. The average molecular weight is 282 g/mol. The third-order valence-corrected chi connectivity index (χ3v) is 2.71. The number of thioether (sulfide) groups is 1. The van der Waals surface area contributed by atoms with Gasteiger partial charge in [-0.1, -0.05) is 6.92 Å². The quantitative estimate of drug-likeness (QED) is 0.622. The molecular formula is C7H11IN2S. The van der Waals surface area contributed by atoms with Gasteiger partial charge in [0.15, 0.2) is 0 Å². The molecule has 0 aromatic carbocycles. The summed E-state index contributed by atoms with van der Waals surface area (Å²) in [4.78, 5) is 0. The maximum Gasteiger partial charge on any atom is 0.0623 e. The molecule has 0 aliphatic carbocycles. The van der Waals surface area contributed by atoms with Gasteiger partial charge in [0, 0.05) is 18.5 Å². The molecule has 0 fully saturated rings. The maximum atomic E-state index is 4.18. The summed E-state index contributed by atoms with van der Waals surface area (Å²) in [5.41, 5.74) is 0. The van der Waals surface area contributed by atoms with E-state index in [0.29, 0.717) is 0 Å². The molecule has 4 heteroatoms. The second-order valence-corrected chi connectivity index (χ2v) is 4.76. The SMILES string of the molecule is CCSCCn1cc(I)cn1. The number of hydrogen-bond acceptors (Lipinski definition) is 2. The maximum absolute atomic E-state index is 4.18. The van der Waals surface area contributed by atoms with Crippen molar-refractivity contribution in [3.63, 3.8) is 0 Å². The van der Waals surface area contributed by atoms with Crippen LogP contribution in [0.3, 0.4) is 0 Å². The highest BCUT2D eigenvalue weighted by atomic mass is 127. The highest BCUT2D eigenvalue weighted by Crippen LogP contribution is 2.03. The molecule has 0 spiro atoms. The van der Waals surface area contributed by atoms with E-state index in [2.05, 4.69) is 40.8 Å². The lowest BCUT2D eigenvalue weighted by molar-refractivity contribution is 0.666. The molecule has 0 aliphatic rings. The van der Waals surface area contributed by atoms with Crippen LogP contribution in [0, 0.1) is 3.57 Å². The molecule has 1 heterocycles. The van der Waals surface area contributed by atoms with E-state index >= 15 is 0 Å². The number of nitrogens with zero attached hydrogens (tertiary/aromatic N) is 2. The first-order valence-electron chi connectivity index (χ1n) is 3.58. The molecule has 11 heavy (non-hydrogen) atoms. The molecule has 0 aliphatic heterocycles. The summed E-state index contributed by atoms with van der Waals surface area (Å²) in [5, 5.41) is 4.18. The summed E-state index contributed by atoms with van der Waals surface area (Å²) in [6.45, 7) is 3.21. The largest absolute Gasteiger partial charge is 0.271 e.